The molecule has 0 aliphatic carbocycles. The number of carbonyl (C=O) groups is 2. The van der Waals surface area contributed by atoms with Crippen LogP contribution in [-0.2, 0) is 4.79 Å². The van der Waals surface area contributed by atoms with Crippen molar-refractivity contribution in [1.82, 2.24) is 9.80 Å². The lowest BCUT2D eigenvalue weighted by molar-refractivity contribution is -0.138. The Morgan fingerprint density at radius 3 is 2.40 bits per heavy atom. The van der Waals surface area contributed by atoms with Crippen molar-refractivity contribution in [3.05, 3.63) is 33.8 Å². The molecule has 1 saturated heterocycles. The summed E-state index contributed by atoms with van der Waals surface area (Å²) < 4.78 is 0. The SMILES string of the molecule is O=C(O)CN1CCN(C(=O)c2cc(Cl)ccc2Cl)CC1. The maximum atomic E-state index is 12.3. The molecule has 5 nitrogen and oxygen atoms in total. The molecule has 1 aromatic rings. The van der Waals surface area contributed by atoms with Crippen molar-refractivity contribution in [2.75, 3.05) is 32.7 Å². The molecule has 0 atom stereocenters. The number of carboxylic acid groups (broad SMARTS) is 1. The molecule has 1 N–H and O–H groups in total. The van der Waals surface area contributed by atoms with E-state index in [0.29, 0.717) is 41.8 Å². The largest absolute Gasteiger partial charge is 0.480 e. The van der Waals surface area contributed by atoms with Gasteiger partial charge in [0.25, 0.3) is 5.91 Å². The number of nitrogens with zero attached hydrogens (tertiary/aromatic N) is 2. The van der Waals surface area contributed by atoms with E-state index in [-0.39, 0.29) is 12.5 Å². The first-order chi connectivity index (χ1) is 9.47. The quantitative estimate of drug-likeness (QED) is 0.924. The Kier molecular flexibility index (Phi) is 4.86. The smallest absolute Gasteiger partial charge is 0.317 e. The number of carboxylic acids is 1. The monoisotopic (exact) mass is 316 g/mol. The first-order valence-electron chi connectivity index (χ1n) is 6.16. The number of piperazine rings is 1. The second-order valence-electron chi connectivity index (χ2n) is 4.59. The van der Waals surface area contributed by atoms with Gasteiger partial charge in [0.05, 0.1) is 17.1 Å². The number of carbonyl (C=O) groups excluding carboxylic acids is 1. The predicted molar refractivity (Wildman–Crippen MR) is 76.4 cm³/mol. The summed E-state index contributed by atoms with van der Waals surface area (Å²) in [6, 6.07) is 4.78. The van der Waals surface area contributed by atoms with E-state index in [1.54, 1.807) is 28.0 Å². The average molecular weight is 317 g/mol. The summed E-state index contributed by atoms with van der Waals surface area (Å²) in [5.41, 5.74) is 0.380. The Hall–Kier alpha value is -1.30. The van der Waals surface area contributed by atoms with Gasteiger partial charge >= 0.3 is 5.97 Å². The summed E-state index contributed by atoms with van der Waals surface area (Å²) in [4.78, 5) is 26.4. The summed E-state index contributed by atoms with van der Waals surface area (Å²) in [6.45, 7) is 2.04. The lowest BCUT2D eigenvalue weighted by atomic mass is 10.2. The Morgan fingerprint density at radius 1 is 1.15 bits per heavy atom. The van der Waals surface area contributed by atoms with E-state index in [2.05, 4.69) is 0 Å². The van der Waals surface area contributed by atoms with Crippen LogP contribution in [0.25, 0.3) is 0 Å². The minimum absolute atomic E-state index is 0.0000478. The Labute approximate surface area is 126 Å². The Bertz CT molecular complexity index is 528. The highest BCUT2D eigenvalue weighted by molar-refractivity contribution is 6.35. The Morgan fingerprint density at radius 2 is 1.80 bits per heavy atom. The lowest BCUT2D eigenvalue weighted by Crippen LogP contribution is -2.49. The van der Waals surface area contributed by atoms with Gasteiger partial charge in [-0.2, -0.15) is 0 Å². The first kappa shape index (κ1) is 15.1. The van der Waals surface area contributed by atoms with Gasteiger partial charge in [-0.15, -0.1) is 0 Å². The van der Waals surface area contributed by atoms with Gasteiger partial charge in [0.2, 0.25) is 0 Å². The van der Waals surface area contributed by atoms with Crippen LogP contribution in [-0.4, -0.2) is 59.5 Å². The summed E-state index contributed by atoms with van der Waals surface area (Å²) in [6.07, 6.45) is 0. The third-order valence-electron chi connectivity index (χ3n) is 3.18. The maximum absolute atomic E-state index is 12.3. The van der Waals surface area contributed by atoms with Gasteiger partial charge in [-0.05, 0) is 18.2 Å². The van der Waals surface area contributed by atoms with Crippen molar-refractivity contribution in [1.29, 1.82) is 0 Å². The van der Waals surface area contributed by atoms with Gasteiger partial charge in [-0.1, -0.05) is 23.2 Å². The molecule has 1 aromatic carbocycles. The van der Waals surface area contributed by atoms with Crippen molar-refractivity contribution < 1.29 is 14.7 Å². The molecule has 0 spiro atoms. The van der Waals surface area contributed by atoms with Gasteiger partial charge in [0.15, 0.2) is 0 Å². The molecule has 0 unspecified atom stereocenters. The summed E-state index contributed by atoms with van der Waals surface area (Å²) >= 11 is 11.9. The number of hydrogen-bond acceptors (Lipinski definition) is 3. The number of benzene rings is 1. The lowest BCUT2D eigenvalue weighted by Gasteiger charge is -2.34. The number of aliphatic carboxylic acids is 1. The molecule has 1 amide bonds. The van der Waals surface area contributed by atoms with E-state index in [9.17, 15) is 9.59 Å². The predicted octanol–water partition coefficient (Wildman–Crippen LogP) is 1.84. The van der Waals surface area contributed by atoms with E-state index < -0.39 is 5.97 Å². The van der Waals surface area contributed by atoms with Crippen LogP contribution in [0.3, 0.4) is 0 Å². The molecule has 1 aliphatic heterocycles. The number of halogens is 2. The van der Waals surface area contributed by atoms with Gasteiger partial charge in [0.1, 0.15) is 0 Å². The fourth-order valence-corrected chi connectivity index (χ4v) is 2.50. The third-order valence-corrected chi connectivity index (χ3v) is 3.74. The zero-order valence-electron chi connectivity index (χ0n) is 10.7. The molecule has 108 valence electrons. The van der Waals surface area contributed by atoms with Crippen LogP contribution in [0.4, 0.5) is 0 Å². The van der Waals surface area contributed by atoms with Crippen LogP contribution in [0.15, 0.2) is 18.2 Å². The molecule has 1 fully saturated rings. The molecule has 0 saturated carbocycles. The zero-order chi connectivity index (χ0) is 14.7. The molecular weight excluding hydrogens is 303 g/mol. The molecule has 2 rings (SSSR count). The van der Waals surface area contributed by atoms with Gasteiger partial charge < -0.3 is 10.0 Å². The first-order valence-corrected chi connectivity index (χ1v) is 6.91. The topological polar surface area (TPSA) is 60.9 Å². The minimum atomic E-state index is -0.859. The van der Waals surface area contributed by atoms with Crippen LogP contribution in [0.1, 0.15) is 10.4 Å². The van der Waals surface area contributed by atoms with E-state index >= 15 is 0 Å². The van der Waals surface area contributed by atoms with E-state index in [1.165, 1.54) is 0 Å². The normalized spacial score (nSPS) is 16.2. The van der Waals surface area contributed by atoms with E-state index in [1.807, 2.05) is 0 Å². The third kappa shape index (κ3) is 3.62. The molecular formula is C13H14Cl2N2O3. The fraction of sp³-hybridized carbons (Fsp3) is 0.385. The molecule has 20 heavy (non-hydrogen) atoms. The van der Waals surface area contributed by atoms with Crippen molar-refractivity contribution in [2.45, 2.75) is 0 Å². The number of rotatable bonds is 3. The summed E-state index contributed by atoms with van der Waals surface area (Å²) in [5.74, 6) is -1.03. The highest BCUT2D eigenvalue weighted by Gasteiger charge is 2.24. The Balaban J connectivity index is 2.01. The fourth-order valence-electron chi connectivity index (χ4n) is 2.13. The van der Waals surface area contributed by atoms with Crippen LogP contribution in [0, 0.1) is 0 Å². The van der Waals surface area contributed by atoms with Crippen LogP contribution in [0.2, 0.25) is 10.0 Å². The van der Waals surface area contributed by atoms with Gasteiger partial charge in [0, 0.05) is 31.2 Å². The maximum Gasteiger partial charge on any atom is 0.317 e. The molecule has 0 aromatic heterocycles. The van der Waals surface area contributed by atoms with Gasteiger partial charge in [-0.3, -0.25) is 14.5 Å². The van der Waals surface area contributed by atoms with Crippen molar-refractivity contribution in [3.63, 3.8) is 0 Å². The average Bonchev–Trinajstić information content (AvgIpc) is 2.41. The summed E-state index contributed by atoms with van der Waals surface area (Å²) in [7, 11) is 0. The second kappa shape index (κ2) is 6.43. The number of hydrogen-bond donors (Lipinski definition) is 1. The zero-order valence-corrected chi connectivity index (χ0v) is 12.2. The molecule has 1 heterocycles. The second-order valence-corrected chi connectivity index (χ2v) is 5.43. The molecule has 0 radical (unpaired) electrons. The standard InChI is InChI=1S/C13H14Cl2N2O3/c14-9-1-2-11(15)10(7-9)13(20)17-5-3-16(4-6-17)8-12(18)19/h1-2,7H,3-6,8H2,(H,18,19). The van der Waals surface area contributed by atoms with Crippen LogP contribution < -0.4 is 0 Å². The molecule has 0 bridgehead atoms. The van der Waals surface area contributed by atoms with Crippen molar-refractivity contribution in [3.8, 4) is 0 Å². The van der Waals surface area contributed by atoms with Crippen LogP contribution in [0.5, 0.6) is 0 Å². The molecule has 1 aliphatic rings. The van der Waals surface area contributed by atoms with E-state index in [4.69, 9.17) is 28.3 Å². The number of amides is 1. The van der Waals surface area contributed by atoms with E-state index in [0.717, 1.165) is 0 Å². The molecule has 7 heteroatoms. The highest BCUT2D eigenvalue weighted by atomic mass is 35.5. The highest BCUT2D eigenvalue weighted by Crippen LogP contribution is 2.22. The minimum Gasteiger partial charge on any atom is -0.480 e. The summed E-state index contributed by atoms with van der Waals surface area (Å²) in [5, 5.41) is 9.56. The van der Waals surface area contributed by atoms with Gasteiger partial charge in [-0.25, -0.2) is 0 Å². The van der Waals surface area contributed by atoms with Crippen LogP contribution >= 0.6 is 23.2 Å². The van der Waals surface area contributed by atoms with Crippen molar-refractivity contribution >= 4 is 35.1 Å². The van der Waals surface area contributed by atoms with Crippen molar-refractivity contribution in [2.24, 2.45) is 0 Å².